The van der Waals surface area contributed by atoms with Crippen LogP contribution in [0.25, 0.3) is 0 Å². The molecule has 4 aromatic rings. The average molecular weight is 614 g/mol. The third kappa shape index (κ3) is 7.50. The van der Waals surface area contributed by atoms with Gasteiger partial charge in [0.1, 0.15) is 0 Å². The van der Waals surface area contributed by atoms with E-state index in [0.717, 1.165) is 11.1 Å². The quantitative estimate of drug-likeness (QED) is 0.242. The summed E-state index contributed by atoms with van der Waals surface area (Å²) in [6, 6.07) is 33.6. The van der Waals surface area contributed by atoms with Crippen LogP contribution in [-0.4, -0.2) is 33.2 Å². The first-order valence-electron chi connectivity index (χ1n) is 14.3. The zero-order chi connectivity index (χ0) is 31.8. The molecule has 0 saturated heterocycles. The van der Waals surface area contributed by atoms with Crippen LogP contribution in [0.2, 0.25) is 5.02 Å². The van der Waals surface area contributed by atoms with Gasteiger partial charge in [-0.05, 0) is 71.8 Å². The van der Waals surface area contributed by atoms with E-state index in [0.29, 0.717) is 21.7 Å². The Labute approximate surface area is 266 Å². The SMILES string of the molecule is N#Cc1cccc(C2CC(=O)C=CN2C(=O)c2ccccc2)c1.O=C1C=CN(C(=O)c2ccccc2)C(c2cccc(Cl)c2)C1. The van der Waals surface area contributed by atoms with Crippen molar-refractivity contribution in [1.82, 2.24) is 9.80 Å². The van der Waals surface area contributed by atoms with Crippen LogP contribution in [0.3, 0.4) is 0 Å². The summed E-state index contributed by atoms with van der Waals surface area (Å²) in [6.45, 7) is 0. The molecule has 0 saturated carbocycles. The summed E-state index contributed by atoms with van der Waals surface area (Å²) in [5.74, 6) is -0.326. The zero-order valence-corrected chi connectivity index (χ0v) is 24.9. The first kappa shape index (κ1) is 30.9. The van der Waals surface area contributed by atoms with Gasteiger partial charge >= 0.3 is 0 Å². The number of amides is 2. The van der Waals surface area contributed by atoms with Gasteiger partial charge in [0.05, 0.1) is 23.7 Å². The van der Waals surface area contributed by atoms with Gasteiger partial charge in [-0.1, -0.05) is 72.3 Å². The molecule has 0 aromatic heterocycles. The van der Waals surface area contributed by atoms with E-state index in [2.05, 4.69) is 6.07 Å². The monoisotopic (exact) mass is 613 g/mol. The van der Waals surface area contributed by atoms with Crippen molar-refractivity contribution < 1.29 is 19.2 Å². The summed E-state index contributed by atoms with van der Waals surface area (Å²) in [6.07, 6.45) is 6.43. The molecule has 6 rings (SSSR count). The summed E-state index contributed by atoms with van der Waals surface area (Å²) >= 11 is 6.04. The van der Waals surface area contributed by atoms with E-state index in [-0.39, 0.29) is 42.3 Å². The molecule has 0 bridgehead atoms. The molecule has 0 fully saturated rings. The highest BCUT2D eigenvalue weighted by Gasteiger charge is 2.30. The van der Waals surface area contributed by atoms with Crippen LogP contribution in [-0.2, 0) is 9.59 Å². The second kappa shape index (κ2) is 14.3. The van der Waals surface area contributed by atoms with Gasteiger partial charge in [-0.2, -0.15) is 5.26 Å². The summed E-state index contributed by atoms with van der Waals surface area (Å²) in [7, 11) is 0. The van der Waals surface area contributed by atoms with Gasteiger partial charge in [0.25, 0.3) is 11.8 Å². The summed E-state index contributed by atoms with van der Waals surface area (Å²) in [4.78, 5) is 52.2. The Hall–Kier alpha value is -5.58. The van der Waals surface area contributed by atoms with E-state index in [4.69, 9.17) is 16.9 Å². The standard InChI is InChI=1S/C19H14N2O2.C18H14ClNO2/c20-13-14-5-4-8-16(11-14)18-12-17(22)9-10-21(18)19(23)15-6-2-1-3-7-15;19-15-8-4-7-14(11-15)17-12-16(21)9-10-20(17)18(22)13-5-2-1-3-6-13/h1-11,18H,12H2;1-11,17H,12H2. The third-order valence-corrected chi connectivity index (χ3v) is 7.68. The number of allylic oxidation sites excluding steroid dienone is 2. The lowest BCUT2D eigenvalue weighted by Gasteiger charge is -2.31. The van der Waals surface area contributed by atoms with Crippen LogP contribution >= 0.6 is 11.6 Å². The molecule has 0 radical (unpaired) electrons. The highest BCUT2D eigenvalue weighted by atomic mass is 35.5. The molecule has 2 heterocycles. The molecule has 2 unspecified atom stereocenters. The maximum Gasteiger partial charge on any atom is 0.258 e. The molecular weight excluding hydrogens is 586 g/mol. The molecule has 7 nitrogen and oxygen atoms in total. The van der Waals surface area contributed by atoms with Crippen molar-refractivity contribution in [3.63, 3.8) is 0 Å². The second-order valence-corrected chi connectivity index (χ2v) is 10.9. The Kier molecular flexibility index (Phi) is 9.78. The van der Waals surface area contributed by atoms with E-state index < -0.39 is 6.04 Å². The predicted molar refractivity (Wildman–Crippen MR) is 171 cm³/mol. The van der Waals surface area contributed by atoms with Crippen LogP contribution in [0.4, 0.5) is 0 Å². The van der Waals surface area contributed by atoms with E-state index in [9.17, 15) is 19.2 Å². The maximum absolute atomic E-state index is 12.7. The van der Waals surface area contributed by atoms with Gasteiger partial charge in [0.2, 0.25) is 0 Å². The number of nitriles is 1. The van der Waals surface area contributed by atoms with Gasteiger partial charge in [-0.3, -0.25) is 19.2 Å². The number of hydrogen-bond acceptors (Lipinski definition) is 5. The van der Waals surface area contributed by atoms with Gasteiger partial charge in [0, 0.05) is 41.4 Å². The van der Waals surface area contributed by atoms with Gasteiger partial charge < -0.3 is 9.80 Å². The van der Waals surface area contributed by atoms with E-state index in [1.54, 1.807) is 82.7 Å². The van der Waals surface area contributed by atoms with Crippen LogP contribution in [0, 0.1) is 11.3 Å². The van der Waals surface area contributed by atoms with Crippen molar-refractivity contribution in [2.75, 3.05) is 0 Å². The van der Waals surface area contributed by atoms with Crippen molar-refractivity contribution in [3.05, 3.63) is 167 Å². The van der Waals surface area contributed by atoms with Crippen molar-refractivity contribution in [1.29, 1.82) is 5.26 Å². The van der Waals surface area contributed by atoms with Gasteiger partial charge in [-0.25, -0.2) is 0 Å². The number of nitrogens with zero attached hydrogens (tertiary/aromatic N) is 3. The number of hydrogen-bond donors (Lipinski definition) is 0. The summed E-state index contributed by atoms with van der Waals surface area (Å²) in [5.41, 5.74) is 3.30. The minimum absolute atomic E-state index is 0.00193. The van der Waals surface area contributed by atoms with Crippen molar-refractivity contribution in [2.45, 2.75) is 24.9 Å². The minimum Gasteiger partial charge on any atom is -0.307 e. The molecule has 8 heteroatoms. The van der Waals surface area contributed by atoms with E-state index in [1.165, 1.54) is 18.4 Å². The van der Waals surface area contributed by atoms with Crippen LogP contribution in [0.15, 0.2) is 134 Å². The first-order chi connectivity index (χ1) is 21.8. The Morgan fingerprint density at radius 3 is 1.58 bits per heavy atom. The van der Waals surface area contributed by atoms with Gasteiger partial charge in [0.15, 0.2) is 11.6 Å². The third-order valence-electron chi connectivity index (χ3n) is 7.45. The lowest BCUT2D eigenvalue weighted by atomic mass is 9.95. The zero-order valence-electron chi connectivity index (χ0n) is 24.1. The van der Waals surface area contributed by atoms with Gasteiger partial charge in [-0.15, -0.1) is 0 Å². The maximum atomic E-state index is 12.7. The lowest BCUT2D eigenvalue weighted by molar-refractivity contribution is -0.117. The average Bonchev–Trinajstić information content (AvgIpc) is 3.08. The normalized spacial score (nSPS) is 17.2. The minimum atomic E-state index is -0.395. The number of carbonyl (C=O) groups is 4. The second-order valence-electron chi connectivity index (χ2n) is 10.5. The molecule has 0 aliphatic carbocycles. The summed E-state index contributed by atoms with van der Waals surface area (Å²) < 4.78 is 0. The lowest BCUT2D eigenvalue weighted by Crippen LogP contribution is -2.34. The van der Waals surface area contributed by atoms with E-state index >= 15 is 0 Å². The Bertz CT molecular complexity index is 1830. The smallest absolute Gasteiger partial charge is 0.258 e. The first-order valence-corrected chi connectivity index (χ1v) is 14.6. The molecule has 2 aliphatic rings. The van der Waals surface area contributed by atoms with Crippen LogP contribution in [0.5, 0.6) is 0 Å². The van der Waals surface area contributed by atoms with Crippen LogP contribution in [0.1, 0.15) is 62.3 Å². The predicted octanol–water partition coefficient (Wildman–Crippen LogP) is 7.24. The number of benzene rings is 4. The molecule has 45 heavy (non-hydrogen) atoms. The number of rotatable bonds is 4. The molecule has 222 valence electrons. The molecule has 2 amide bonds. The molecule has 2 aliphatic heterocycles. The fourth-order valence-corrected chi connectivity index (χ4v) is 5.41. The molecule has 0 spiro atoms. The molecular formula is C37H28ClN3O4. The van der Waals surface area contributed by atoms with Crippen molar-refractivity contribution >= 4 is 35.0 Å². The molecule has 4 aromatic carbocycles. The Morgan fingerprint density at radius 2 is 1.11 bits per heavy atom. The highest BCUT2D eigenvalue weighted by Crippen LogP contribution is 2.32. The Balaban J connectivity index is 0.000000178. The Morgan fingerprint density at radius 1 is 0.644 bits per heavy atom. The largest absolute Gasteiger partial charge is 0.307 e. The number of halogens is 1. The number of carbonyl (C=O) groups excluding carboxylic acids is 4. The fourth-order valence-electron chi connectivity index (χ4n) is 5.21. The van der Waals surface area contributed by atoms with Crippen molar-refractivity contribution in [3.8, 4) is 6.07 Å². The van der Waals surface area contributed by atoms with Crippen LogP contribution < -0.4 is 0 Å². The number of ketones is 2. The topological polar surface area (TPSA) is 98.6 Å². The summed E-state index contributed by atoms with van der Waals surface area (Å²) in [5, 5.41) is 9.64. The molecule has 0 N–H and O–H groups in total. The molecule has 2 atom stereocenters. The fraction of sp³-hybridized carbons (Fsp3) is 0.108. The van der Waals surface area contributed by atoms with Crippen molar-refractivity contribution in [2.24, 2.45) is 0 Å². The highest BCUT2D eigenvalue weighted by molar-refractivity contribution is 6.30. The van der Waals surface area contributed by atoms with E-state index in [1.807, 2.05) is 42.5 Å².